The first-order valence-corrected chi connectivity index (χ1v) is 6.95. The van der Waals surface area contributed by atoms with E-state index in [1.165, 1.54) is 6.42 Å². The number of hydrogen-bond acceptors (Lipinski definition) is 3. The average molecular weight is 259 g/mol. The van der Waals surface area contributed by atoms with Gasteiger partial charge in [-0.25, -0.2) is 9.97 Å². The zero-order valence-corrected chi connectivity index (χ0v) is 11.8. The Morgan fingerprint density at radius 3 is 2.95 bits per heavy atom. The Bertz CT molecular complexity index is 593. The minimum atomic E-state index is 0.356. The second kappa shape index (κ2) is 4.40. The van der Waals surface area contributed by atoms with E-state index in [1.807, 2.05) is 12.5 Å². The Hall–Kier alpha value is -1.78. The smallest absolute Gasteiger partial charge is 0.133 e. The number of imidazole rings is 2. The predicted molar refractivity (Wildman–Crippen MR) is 75.7 cm³/mol. The molecule has 1 atom stereocenters. The van der Waals surface area contributed by atoms with E-state index in [0.717, 1.165) is 36.0 Å². The molecule has 19 heavy (non-hydrogen) atoms. The SMILES string of the molecule is CC1CCn2c(nc(-c3cncn3C(C)C)c2N)C1. The summed E-state index contributed by atoms with van der Waals surface area (Å²) in [6.07, 6.45) is 5.89. The van der Waals surface area contributed by atoms with Gasteiger partial charge in [0.05, 0.1) is 18.2 Å². The van der Waals surface area contributed by atoms with Crippen LogP contribution in [0.5, 0.6) is 0 Å². The lowest BCUT2D eigenvalue weighted by Crippen LogP contribution is -2.18. The van der Waals surface area contributed by atoms with Gasteiger partial charge in [0.2, 0.25) is 0 Å². The molecule has 5 nitrogen and oxygen atoms in total. The molecule has 0 saturated carbocycles. The van der Waals surface area contributed by atoms with Gasteiger partial charge in [0.25, 0.3) is 0 Å². The van der Waals surface area contributed by atoms with Gasteiger partial charge >= 0.3 is 0 Å². The number of rotatable bonds is 2. The highest BCUT2D eigenvalue weighted by atomic mass is 15.2. The topological polar surface area (TPSA) is 61.7 Å². The molecule has 2 aromatic heterocycles. The molecule has 0 fully saturated rings. The number of hydrogen-bond donors (Lipinski definition) is 1. The Morgan fingerprint density at radius 2 is 2.21 bits per heavy atom. The van der Waals surface area contributed by atoms with Crippen LogP contribution in [0.25, 0.3) is 11.4 Å². The Labute approximate surface area is 113 Å². The van der Waals surface area contributed by atoms with Gasteiger partial charge in [0.1, 0.15) is 17.3 Å². The van der Waals surface area contributed by atoms with E-state index in [-0.39, 0.29) is 0 Å². The molecule has 2 aromatic rings. The molecule has 1 aliphatic rings. The number of nitrogen functional groups attached to an aromatic ring is 1. The van der Waals surface area contributed by atoms with Gasteiger partial charge in [-0.2, -0.15) is 0 Å². The first-order chi connectivity index (χ1) is 9.08. The van der Waals surface area contributed by atoms with Crippen LogP contribution in [0.15, 0.2) is 12.5 Å². The van der Waals surface area contributed by atoms with Crippen molar-refractivity contribution in [2.24, 2.45) is 5.92 Å². The molecular weight excluding hydrogens is 238 g/mol. The molecule has 0 saturated heterocycles. The highest BCUT2D eigenvalue weighted by molar-refractivity contribution is 5.68. The van der Waals surface area contributed by atoms with Crippen molar-refractivity contribution in [3.05, 3.63) is 18.3 Å². The van der Waals surface area contributed by atoms with Crippen molar-refractivity contribution in [1.29, 1.82) is 0 Å². The molecule has 0 bridgehead atoms. The second-order valence-corrected chi connectivity index (χ2v) is 5.79. The van der Waals surface area contributed by atoms with Crippen LogP contribution >= 0.6 is 0 Å². The van der Waals surface area contributed by atoms with E-state index in [9.17, 15) is 0 Å². The molecule has 102 valence electrons. The quantitative estimate of drug-likeness (QED) is 0.901. The highest BCUT2D eigenvalue weighted by Gasteiger charge is 2.23. The third-order valence-electron chi connectivity index (χ3n) is 3.93. The maximum absolute atomic E-state index is 6.29. The van der Waals surface area contributed by atoms with Crippen molar-refractivity contribution >= 4 is 5.82 Å². The van der Waals surface area contributed by atoms with Crippen LogP contribution < -0.4 is 5.73 Å². The molecule has 2 N–H and O–H groups in total. The molecular formula is C14H21N5. The summed E-state index contributed by atoms with van der Waals surface area (Å²) in [4.78, 5) is 9.00. The number of fused-ring (bicyclic) bond motifs is 1. The van der Waals surface area contributed by atoms with Crippen molar-refractivity contribution in [2.75, 3.05) is 5.73 Å². The van der Waals surface area contributed by atoms with Crippen molar-refractivity contribution in [2.45, 2.75) is 46.2 Å². The Balaban J connectivity index is 2.09. The summed E-state index contributed by atoms with van der Waals surface area (Å²) in [6, 6.07) is 0.356. The lowest BCUT2D eigenvalue weighted by atomic mass is 10.0. The minimum absolute atomic E-state index is 0.356. The van der Waals surface area contributed by atoms with Gasteiger partial charge in [-0.15, -0.1) is 0 Å². The lowest BCUT2D eigenvalue weighted by molar-refractivity contribution is 0.412. The number of anilines is 1. The van der Waals surface area contributed by atoms with Crippen molar-refractivity contribution in [3.8, 4) is 11.4 Å². The van der Waals surface area contributed by atoms with Gasteiger partial charge < -0.3 is 14.9 Å². The van der Waals surface area contributed by atoms with Crippen molar-refractivity contribution in [1.82, 2.24) is 19.1 Å². The molecule has 0 radical (unpaired) electrons. The van der Waals surface area contributed by atoms with E-state index >= 15 is 0 Å². The zero-order chi connectivity index (χ0) is 13.6. The monoisotopic (exact) mass is 259 g/mol. The van der Waals surface area contributed by atoms with Crippen LogP contribution in [0.2, 0.25) is 0 Å². The fraction of sp³-hybridized carbons (Fsp3) is 0.571. The summed E-state index contributed by atoms with van der Waals surface area (Å²) in [5.41, 5.74) is 8.19. The molecule has 0 amide bonds. The van der Waals surface area contributed by atoms with Crippen LogP contribution in [-0.4, -0.2) is 19.1 Å². The van der Waals surface area contributed by atoms with Crippen LogP contribution in [0.1, 0.15) is 39.1 Å². The molecule has 0 aromatic carbocycles. The van der Waals surface area contributed by atoms with E-state index in [4.69, 9.17) is 10.7 Å². The van der Waals surface area contributed by atoms with Gasteiger partial charge in [0.15, 0.2) is 0 Å². The molecule has 0 spiro atoms. The summed E-state index contributed by atoms with van der Waals surface area (Å²) in [7, 11) is 0. The second-order valence-electron chi connectivity index (χ2n) is 5.79. The summed E-state index contributed by atoms with van der Waals surface area (Å²) < 4.78 is 4.28. The third-order valence-corrected chi connectivity index (χ3v) is 3.93. The molecule has 3 rings (SSSR count). The molecule has 1 aliphatic heterocycles. The van der Waals surface area contributed by atoms with Gasteiger partial charge in [-0.3, -0.25) is 0 Å². The van der Waals surface area contributed by atoms with Crippen LogP contribution in [0.4, 0.5) is 5.82 Å². The zero-order valence-electron chi connectivity index (χ0n) is 11.8. The minimum Gasteiger partial charge on any atom is -0.383 e. The van der Waals surface area contributed by atoms with Gasteiger partial charge in [-0.05, 0) is 26.2 Å². The van der Waals surface area contributed by atoms with Crippen molar-refractivity contribution in [3.63, 3.8) is 0 Å². The number of nitrogens with zero attached hydrogens (tertiary/aromatic N) is 4. The van der Waals surface area contributed by atoms with Gasteiger partial charge in [-0.1, -0.05) is 6.92 Å². The van der Waals surface area contributed by atoms with E-state index in [0.29, 0.717) is 12.0 Å². The first kappa shape index (κ1) is 12.3. The third kappa shape index (κ3) is 1.93. The van der Waals surface area contributed by atoms with Crippen LogP contribution in [-0.2, 0) is 13.0 Å². The average Bonchev–Trinajstić information content (AvgIpc) is 2.94. The summed E-state index contributed by atoms with van der Waals surface area (Å²) in [5, 5.41) is 0. The number of nitrogens with two attached hydrogens (primary N) is 1. The predicted octanol–water partition coefficient (Wildman–Crippen LogP) is 2.49. The molecule has 3 heterocycles. The Kier molecular flexibility index (Phi) is 2.84. The molecule has 5 heteroatoms. The highest BCUT2D eigenvalue weighted by Crippen LogP contribution is 2.31. The lowest BCUT2D eigenvalue weighted by Gasteiger charge is -2.20. The van der Waals surface area contributed by atoms with Crippen LogP contribution in [0.3, 0.4) is 0 Å². The van der Waals surface area contributed by atoms with E-state index in [1.54, 1.807) is 0 Å². The first-order valence-electron chi connectivity index (χ1n) is 6.95. The van der Waals surface area contributed by atoms with Gasteiger partial charge in [0, 0.05) is 19.0 Å². The van der Waals surface area contributed by atoms with E-state index < -0.39 is 0 Å². The van der Waals surface area contributed by atoms with E-state index in [2.05, 4.69) is 34.9 Å². The molecule has 0 aliphatic carbocycles. The largest absolute Gasteiger partial charge is 0.383 e. The van der Waals surface area contributed by atoms with Crippen LogP contribution in [0, 0.1) is 5.92 Å². The fourth-order valence-corrected chi connectivity index (χ4v) is 2.77. The standard InChI is InChI=1S/C14H21N5/c1-9(2)19-8-16-7-11(19)13-14(15)18-5-4-10(3)6-12(18)17-13/h7-10H,4-6,15H2,1-3H3. The summed E-state index contributed by atoms with van der Waals surface area (Å²) in [5.74, 6) is 2.59. The Morgan fingerprint density at radius 1 is 1.42 bits per heavy atom. The summed E-state index contributed by atoms with van der Waals surface area (Å²) in [6.45, 7) is 7.52. The fourth-order valence-electron chi connectivity index (χ4n) is 2.77. The maximum atomic E-state index is 6.29. The molecule has 1 unspecified atom stereocenters. The normalized spacial score (nSPS) is 18.8. The van der Waals surface area contributed by atoms with Crippen molar-refractivity contribution < 1.29 is 0 Å². The number of aromatic nitrogens is 4. The maximum Gasteiger partial charge on any atom is 0.133 e. The summed E-state index contributed by atoms with van der Waals surface area (Å²) >= 11 is 0.